The van der Waals surface area contributed by atoms with Crippen molar-refractivity contribution >= 4 is 5.96 Å². The van der Waals surface area contributed by atoms with E-state index in [9.17, 15) is 0 Å². The summed E-state index contributed by atoms with van der Waals surface area (Å²) in [5.74, 6) is 1.88. The van der Waals surface area contributed by atoms with Gasteiger partial charge < -0.3 is 15.4 Å². The van der Waals surface area contributed by atoms with Gasteiger partial charge in [0.05, 0.1) is 13.2 Å². The van der Waals surface area contributed by atoms with Crippen molar-refractivity contribution in [1.82, 2.24) is 10.6 Å². The van der Waals surface area contributed by atoms with E-state index in [1.165, 1.54) is 31.2 Å². The maximum absolute atomic E-state index is 5.63. The molecule has 116 valence electrons. The van der Waals surface area contributed by atoms with Crippen LogP contribution >= 0.6 is 0 Å². The zero-order valence-electron chi connectivity index (χ0n) is 13.0. The summed E-state index contributed by atoms with van der Waals surface area (Å²) in [4.78, 5) is 4.22. The Morgan fingerprint density at radius 2 is 1.95 bits per heavy atom. The van der Waals surface area contributed by atoms with Gasteiger partial charge >= 0.3 is 0 Å². The molecule has 0 heterocycles. The van der Waals surface area contributed by atoms with Gasteiger partial charge in [0.15, 0.2) is 5.96 Å². The molecule has 0 saturated heterocycles. The van der Waals surface area contributed by atoms with Crippen LogP contribution in [-0.2, 0) is 11.3 Å². The van der Waals surface area contributed by atoms with Gasteiger partial charge in [0.2, 0.25) is 0 Å². The van der Waals surface area contributed by atoms with E-state index in [2.05, 4.69) is 27.8 Å². The molecule has 4 nitrogen and oxygen atoms in total. The first-order chi connectivity index (χ1) is 10.4. The number of nitrogens with one attached hydrogen (secondary N) is 2. The van der Waals surface area contributed by atoms with E-state index in [1.54, 1.807) is 7.05 Å². The molecule has 0 spiro atoms. The van der Waals surface area contributed by atoms with Crippen molar-refractivity contribution in [2.45, 2.75) is 32.3 Å². The maximum Gasteiger partial charge on any atom is 0.191 e. The van der Waals surface area contributed by atoms with Gasteiger partial charge in [0.1, 0.15) is 0 Å². The molecule has 0 radical (unpaired) electrons. The highest BCUT2D eigenvalue weighted by molar-refractivity contribution is 5.79. The van der Waals surface area contributed by atoms with Crippen LogP contribution in [-0.4, -0.2) is 32.7 Å². The molecule has 0 atom stereocenters. The molecule has 1 saturated carbocycles. The van der Waals surface area contributed by atoms with E-state index in [4.69, 9.17) is 4.74 Å². The van der Waals surface area contributed by atoms with Gasteiger partial charge in [-0.25, -0.2) is 0 Å². The Morgan fingerprint density at radius 3 is 2.67 bits per heavy atom. The molecule has 1 aromatic rings. The number of benzene rings is 1. The second kappa shape index (κ2) is 9.40. The highest BCUT2D eigenvalue weighted by Crippen LogP contribution is 2.33. The van der Waals surface area contributed by atoms with Crippen molar-refractivity contribution in [2.75, 3.05) is 26.7 Å². The van der Waals surface area contributed by atoms with Crippen LogP contribution in [0.2, 0.25) is 0 Å². The molecular weight excluding hydrogens is 262 g/mol. The molecule has 0 aliphatic heterocycles. The first-order valence-corrected chi connectivity index (χ1v) is 7.94. The second-order valence-electron chi connectivity index (χ2n) is 5.55. The Kier molecular flexibility index (Phi) is 7.08. The molecule has 1 fully saturated rings. The topological polar surface area (TPSA) is 45.7 Å². The minimum atomic E-state index is 0.663. The third-order valence-electron chi connectivity index (χ3n) is 3.65. The average Bonchev–Trinajstić information content (AvgIpc) is 3.34. The van der Waals surface area contributed by atoms with E-state index in [1.807, 2.05) is 18.2 Å². The fraction of sp³-hybridized carbons (Fsp3) is 0.588. The summed E-state index contributed by atoms with van der Waals surface area (Å²) in [5, 5.41) is 6.62. The summed E-state index contributed by atoms with van der Waals surface area (Å²) in [6.07, 6.45) is 5.46. The van der Waals surface area contributed by atoms with Crippen molar-refractivity contribution < 1.29 is 4.74 Å². The van der Waals surface area contributed by atoms with Gasteiger partial charge in [-0.2, -0.15) is 0 Å². The van der Waals surface area contributed by atoms with Crippen molar-refractivity contribution in [3.8, 4) is 0 Å². The van der Waals surface area contributed by atoms with Crippen LogP contribution in [0.15, 0.2) is 35.3 Å². The van der Waals surface area contributed by atoms with E-state index < -0.39 is 0 Å². The van der Waals surface area contributed by atoms with Gasteiger partial charge in [-0.3, -0.25) is 4.99 Å². The lowest BCUT2D eigenvalue weighted by Gasteiger charge is -2.12. The normalized spacial score (nSPS) is 15.0. The predicted molar refractivity (Wildman–Crippen MR) is 87.4 cm³/mol. The lowest BCUT2D eigenvalue weighted by atomic mass is 10.2. The molecule has 0 bridgehead atoms. The molecule has 1 aromatic carbocycles. The molecular formula is C17H27N3O. The van der Waals surface area contributed by atoms with Gasteiger partial charge in [0, 0.05) is 20.1 Å². The minimum absolute atomic E-state index is 0.663. The van der Waals surface area contributed by atoms with Crippen LogP contribution in [0.4, 0.5) is 0 Å². The number of hydrogen-bond acceptors (Lipinski definition) is 2. The smallest absolute Gasteiger partial charge is 0.191 e. The molecule has 0 amide bonds. The molecule has 2 N–H and O–H groups in total. The fourth-order valence-corrected chi connectivity index (χ4v) is 2.23. The standard InChI is InChI=1S/C17H27N3O/c1-18-17(19-11-5-8-15-9-10-15)20-12-13-21-14-16-6-3-2-4-7-16/h2-4,6-7,15H,5,8-14H2,1H3,(H2,18,19,20). The first kappa shape index (κ1) is 15.8. The first-order valence-electron chi connectivity index (χ1n) is 7.94. The zero-order valence-corrected chi connectivity index (χ0v) is 13.0. The van der Waals surface area contributed by atoms with Gasteiger partial charge in [-0.15, -0.1) is 0 Å². The Hall–Kier alpha value is -1.55. The van der Waals surface area contributed by atoms with Crippen molar-refractivity contribution in [1.29, 1.82) is 0 Å². The Bertz CT molecular complexity index is 415. The highest BCUT2D eigenvalue weighted by Gasteiger charge is 2.19. The summed E-state index contributed by atoms with van der Waals surface area (Å²) < 4.78 is 5.63. The Labute approximate surface area is 128 Å². The molecule has 21 heavy (non-hydrogen) atoms. The molecule has 2 rings (SSSR count). The molecule has 4 heteroatoms. The third kappa shape index (κ3) is 7.14. The summed E-state index contributed by atoms with van der Waals surface area (Å²) >= 11 is 0. The average molecular weight is 289 g/mol. The monoisotopic (exact) mass is 289 g/mol. The van der Waals surface area contributed by atoms with E-state index in [0.717, 1.165) is 25.0 Å². The summed E-state index contributed by atoms with van der Waals surface area (Å²) in [6, 6.07) is 10.2. The fourth-order valence-electron chi connectivity index (χ4n) is 2.23. The third-order valence-corrected chi connectivity index (χ3v) is 3.65. The summed E-state index contributed by atoms with van der Waals surface area (Å²) in [6.45, 7) is 3.11. The van der Waals surface area contributed by atoms with E-state index in [-0.39, 0.29) is 0 Å². The van der Waals surface area contributed by atoms with Crippen LogP contribution in [0.5, 0.6) is 0 Å². The quantitative estimate of drug-likeness (QED) is 0.417. The van der Waals surface area contributed by atoms with Gasteiger partial charge in [0.25, 0.3) is 0 Å². The number of ether oxygens (including phenoxy) is 1. The lowest BCUT2D eigenvalue weighted by molar-refractivity contribution is 0.125. The summed E-state index contributed by atoms with van der Waals surface area (Å²) in [7, 11) is 1.81. The number of nitrogens with zero attached hydrogens (tertiary/aromatic N) is 1. The van der Waals surface area contributed by atoms with Gasteiger partial charge in [-0.05, 0) is 24.3 Å². The largest absolute Gasteiger partial charge is 0.375 e. The van der Waals surface area contributed by atoms with Crippen LogP contribution in [0, 0.1) is 5.92 Å². The Balaban J connectivity index is 1.47. The molecule has 1 aliphatic rings. The van der Waals surface area contributed by atoms with Crippen LogP contribution < -0.4 is 10.6 Å². The number of hydrogen-bond donors (Lipinski definition) is 2. The SMILES string of the molecule is CN=C(NCCCC1CC1)NCCOCc1ccccc1. The Morgan fingerprint density at radius 1 is 1.19 bits per heavy atom. The predicted octanol–water partition coefficient (Wildman–Crippen LogP) is 2.56. The van der Waals surface area contributed by atoms with Crippen LogP contribution in [0.25, 0.3) is 0 Å². The van der Waals surface area contributed by atoms with Crippen molar-refractivity contribution in [2.24, 2.45) is 10.9 Å². The van der Waals surface area contributed by atoms with Crippen molar-refractivity contribution in [3.63, 3.8) is 0 Å². The number of guanidine groups is 1. The molecule has 1 aliphatic carbocycles. The molecule has 0 aromatic heterocycles. The van der Waals surface area contributed by atoms with Crippen molar-refractivity contribution in [3.05, 3.63) is 35.9 Å². The minimum Gasteiger partial charge on any atom is -0.375 e. The molecule has 0 unspecified atom stereocenters. The second-order valence-corrected chi connectivity index (χ2v) is 5.55. The summed E-state index contributed by atoms with van der Waals surface area (Å²) in [5.41, 5.74) is 1.21. The zero-order chi connectivity index (χ0) is 14.8. The number of aliphatic imine (C=N–C) groups is 1. The van der Waals surface area contributed by atoms with Crippen LogP contribution in [0.3, 0.4) is 0 Å². The highest BCUT2D eigenvalue weighted by atomic mass is 16.5. The number of rotatable bonds is 9. The van der Waals surface area contributed by atoms with Crippen LogP contribution in [0.1, 0.15) is 31.2 Å². The lowest BCUT2D eigenvalue weighted by Crippen LogP contribution is -2.39. The van der Waals surface area contributed by atoms with E-state index in [0.29, 0.717) is 13.2 Å². The van der Waals surface area contributed by atoms with E-state index >= 15 is 0 Å². The maximum atomic E-state index is 5.63. The van der Waals surface area contributed by atoms with Gasteiger partial charge in [-0.1, -0.05) is 43.2 Å².